The lowest BCUT2D eigenvalue weighted by Crippen LogP contribution is -2.26. The topological polar surface area (TPSA) is 46.2 Å². The number of benzene rings is 1. The first-order valence-corrected chi connectivity index (χ1v) is 5.74. The lowest BCUT2D eigenvalue weighted by molar-refractivity contribution is 0.134. The molecule has 3 N–H and O–H groups in total. The minimum absolute atomic E-state index is 0. The first-order valence-electron chi connectivity index (χ1n) is 4.94. The van der Waals surface area contributed by atoms with E-state index in [2.05, 4.69) is 15.9 Å². The van der Waals surface area contributed by atoms with Crippen LogP contribution in [-0.2, 0) is 0 Å². The van der Waals surface area contributed by atoms with Crippen LogP contribution in [0.3, 0.4) is 0 Å². The third kappa shape index (κ3) is 4.01. The zero-order valence-electron chi connectivity index (χ0n) is 8.99. The van der Waals surface area contributed by atoms with Gasteiger partial charge >= 0.3 is 0 Å². The molecule has 0 saturated carbocycles. The van der Waals surface area contributed by atoms with Crippen molar-refractivity contribution in [1.82, 2.24) is 0 Å². The standard InChI is InChI=1S/C11H15BrFNO.ClH/c1-2-3-10(15)11(14)7-4-5-8(12)9(13)6-7;/h4-6,10-11,15H,2-3,14H2,1H3;1H/t10-,11+;/m1./s1. The maximum Gasteiger partial charge on any atom is 0.137 e. The van der Waals surface area contributed by atoms with E-state index in [1.54, 1.807) is 12.1 Å². The van der Waals surface area contributed by atoms with E-state index in [4.69, 9.17) is 5.73 Å². The number of halogens is 3. The Kier molecular flexibility index (Phi) is 7.15. The predicted molar refractivity (Wildman–Crippen MR) is 69.2 cm³/mol. The van der Waals surface area contributed by atoms with Gasteiger partial charge in [0.1, 0.15) is 5.82 Å². The Morgan fingerprint density at radius 3 is 2.62 bits per heavy atom. The van der Waals surface area contributed by atoms with Gasteiger partial charge in [-0.25, -0.2) is 4.39 Å². The van der Waals surface area contributed by atoms with E-state index in [9.17, 15) is 9.50 Å². The Bertz CT molecular complexity index is 338. The van der Waals surface area contributed by atoms with Gasteiger partial charge in [0.2, 0.25) is 0 Å². The van der Waals surface area contributed by atoms with Gasteiger partial charge in [-0.1, -0.05) is 19.4 Å². The van der Waals surface area contributed by atoms with Crippen LogP contribution in [0.5, 0.6) is 0 Å². The lowest BCUT2D eigenvalue weighted by Gasteiger charge is -2.18. The number of hydrogen-bond acceptors (Lipinski definition) is 2. The van der Waals surface area contributed by atoms with Crippen LogP contribution in [0.2, 0.25) is 0 Å². The third-order valence-corrected chi connectivity index (χ3v) is 2.97. The summed E-state index contributed by atoms with van der Waals surface area (Å²) in [6.07, 6.45) is 0.864. The Labute approximate surface area is 110 Å². The molecule has 92 valence electrons. The van der Waals surface area contributed by atoms with Gasteiger partial charge in [0, 0.05) is 0 Å². The Morgan fingerprint density at radius 2 is 2.12 bits per heavy atom. The van der Waals surface area contributed by atoms with E-state index in [0.29, 0.717) is 16.5 Å². The molecule has 0 heterocycles. The highest BCUT2D eigenvalue weighted by atomic mass is 79.9. The Morgan fingerprint density at radius 1 is 1.50 bits per heavy atom. The molecule has 0 fully saturated rings. The average Bonchev–Trinajstić information content (AvgIpc) is 2.21. The molecule has 1 rings (SSSR count). The fourth-order valence-corrected chi connectivity index (χ4v) is 1.66. The summed E-state index contributed by atoms with van der Waals surface area (Å²) in [5.41, 5.74) is 6.43. The van der Waals surface area contributed by atoms with E-state index in [1.807, 2.05) is 6.92 Å². The second-order valence-electron chi connectivity index (χ2n) is 3.56. The number of rotatable bonds is 4. The first kappa shape index (κ1) is 15.8. The van der Waals surface area contributed by atoms with Crippen molar-refractivity contribution in [3.8, 4) is 0 Å². The normalized spacial score (nSPS) is 14.1. The van der Waals surface area contributed by atoms with Crippen molar-refractivity contribution in [1.29, 1.82) is 0 Å². The molecular formula is C11H16BrClFNO. The van der Waals surface area contributed by atoms with Gasteiger partial charge < -0.3 is 10.8 Å². The van der Waals surface area contributed by atoms with Crippen LogP contribution in [0.25, 0.3) is 0 Å². The zero-order valence-corrected chi connectivity index (χ0v) is 11.4. The molecule has 0 bridgehead atoms. The number of aliphatic hydroxyl groups is 1. The van der Waals surface area contributed by atoms with Crippen LogP contribution >= 0.6 is 28.3 Å². The summed E-state index contributed by atoms with van der Waals surface area (Å²) in [4.78, 5) is 0. The maximum absolute atomic E-state index is 13.2. The minimum Gasteiger partial charge on any atom is -0.391 e. The molecule has 0 aliphatic carbocycles. The van der Waals surface area contributed by atoms with Crippen molar-refractivity contribution in [3.05, 3.63) is 34.1 Å². The lowest BCUT2D eigenvalue weighted by atomic mass is 9.99. The molecule has 0 saturated heterocycles. The van der Waals surface area contributed by atoms with Crippen molar-refractivity contribution in [2.24, 2.45) is 5.73 Å². The van der Waals surface area contributed by atoms with Crippen molar-refractivity contribution >= 4 is 28.3 Å². The van der Waals surface area contributed by atoms with E-state index in [0.717, 1.165) is 6.42 Å². The molecule has 16 heavy (non-hydrogen) atoms. The molecule has 0 radical (unpaired) electrons. The van der Waals surface area contributed by atoms with Crippen LogP contribution in [0, 0.1) is 5.82 Å². The van der Waals surface area contributed by atoms with Gasteiger partial charge in [-0.05, 0) is 40.0 Å². The van der Waals surface area contributed by atoms with Gasteiger partial charge in [-0.2, -0.15) is 0 Å². The second-order valence-corrected chi connectivity index (χ2v) is 4.41. The summed E-state index contributed by atoms with van der Waals surface area (Å²) in [5, 5.41) is 9.67. The molecule has 1 aromatic carbocycles. The van der Waals surface area contributed by atoms with E-state index in [1.165, 1.54) is 6.07 Å². The predicted octanol–water partition coefficient (Wildman–Crippen LogP) is 3.17. The fourth-order valence-electron chi connectivity index (χ4n) is 1.42. The summed E-state index contributed by atoms with van der Waals surface area (Å²) in [6.45, 7) is 1.97. The highest BCUT2D eigenvalue weighted by molar-refractivity contribution is 9.10. The highest BCUT2D eigenvalue weighted by Crippen LogP contribution is 2.22. The van der Waals surface area contributed by atoms with Gasteiger partial charge in [0.15, 0.2) is 0 Å². The quantitative estimate of drug-likeness (QED) is 0.897. The highest BCUT2D eigenvalue weighted by Gasteiger charge is 2.16. The van der Waals surface area contributed by atoms with Crippen LogP contribution in [0.1, 0.15) is 31.4 Å². The molecule has 0 aliphatic rings. The zero-order chi connectivity index (χ0) is 11.4. The molecule has 1 aromatic rings. The monoisotopic (exact) mass is 311 g/mol. The second kappa shape index (κ2) is 7.22. The van der Waals surface area contributed by atoms with Gasteiger partial charge in [0.05, 0.1) is 16.6 Å². The van der Waals surface area contributed by atoms with Crippen molar-refractivity contribution < 1.29 is 9.50 Å². The molecular weight excluding hydrogens is 296 g/mol. The van der Waals surface area contributed by atoms with E-state index < -0.39 is 12.1 Å². The van der Waals surface area contributed by atoms with Gasteiger partial charge in [-0.3, -0.25) is 0 Å². The largest absolute Gasteiger partial charge is 0.391 e. The van der Waals surface area contributed by atoms with E-state index >= 15 is 0 Å². The Balaban J connectivity index is 0.00000225. The molecule has 0 aromatic heterocycles. The van der Waals surface area contributed by atoms with Gasteiger partial charge in [0.25, 0.3) is 0 Å². The summed E-state index contributed by atoms with van der Waals surface area (Å²) >= 11 is 3.07. The summed E-state index contributed by atoms with van der Waals surface area (Å²) in [5.74, 6) is -0.355. The smallest absolute Gasteiger partial charge is 0.137 e. The van der Waals surface area contributed by atoms with Crippen molar-refractivity contribution in [2.75, 3.05) is 0 Å². The van der Waals surface area contributed by atoms with Gasteiger partial charge in [-0.15, -0.1) is 12.4 Å². The first-order chi connectivity index (χ1) is 7.06. The number of hydrogen-bond donors (Lipinski definition) is 2. The van der Waals surface area contributed by atoms with Crippen LogP contribution in [0.15, 0.2) is 22.7 Å². The molecule has 0 spiro atoms. The third-order valence-electron chi connectivity index (χ3n) is 2.33. The average molecular weight is 313 g/mol. The molecule has 2 nitrogen and oxygen atoms in total. The van der Waals surface area contributed by atoms with Crippen LogP contribution in [0.4, 0.5) is 4.39 Å². The molecule has 0 aliphatic heterocycles. The Hall–Kier alpha value is -0.160. The SMILES string of the molecule is CCC[C@@H](O)[C@@H](N)c1ccc(Br)c(F)c1.Cl. The number of aliphatic hydroxyl groups excluding tert-OH is 1. The van der Waals surface area contributed by atoms with Crippen LogP contribution < -0.4 is 5.73 Å². The minimum atomic E-state index is -0.615. The fraction of sp³-hybridized carbons (Fsp3) is 0.455. The van der Waals surface area contributed by atoms with Crippen molar-refractivity contribution in [3.63, 3.8) is 0 Å². The summed E-state index contributed by atoms with van der Waals surface area (Å²) in [7, 11) is 0. The van der Waals surface area contributed by atoms with Crippen LogP contribution in [-0.4, -0.2) is 11.2 Å². The molecule has 0 unspecified atom stereocenters. The molecule has 5 heteroatoms. The maximum atomic E-state index is 13.2. The molecule has 0 amide bonds. The van der Waals surface area contributed by atoms with E-state index in [-0.39, 0.29) is 18.2 Å². The summed E-state index contributed by atoms with van der Waals surface area (Å²) in [6, 6.07) is 4.15. The van der Waals surface area contributed by atoms with Crippen molar-refractivity contribution in [2.45, 2.75) is 31.9 Å². The molecule has 2 atom stereocenters. The summed E-state index contributed by atoms with van der Waals surface area (Å²) < 4.78 is 13.6. The number of nitrogens with two attached hydrogens (primary N) is 1.